The van der Waals surface area contributed by atoms with Gasteiger partial charge in [-0.3, -0.25) is 4.79 Å². The molecule has 1 rings (SSSR count). The van der Waals surface area contributed by atoms with Gasteiger partial charge in [0.15, 0.2) is 0 Å². The number of hydrogen-bond acceptors (Lipinski definition) is 1. The smallest absolute Gasteiger partial charge is 0.222 e. The van der Waals surface area contributed by atoms with Gasteiger partial charge in [-0.25, -0.2) is 0 Å². The maximum atomic E-state index is 11.3. The van der Waals surface area contributed by atoms with Gasteiger partial charge in [-0.05, 0) is 19.0 Å². The first kappa shape index (κ1) is 23.0. The van der Waals surface area contributed by atoms with Gasteiger partial charge >= 0.3 is 0 Å². The summed E-state index contributed by atoms with van der Waals surface area (Å²) in [7, 11) is 2.79. The predicted octanol–water partition coefficient (Wildman–Crippen LogP) is 4.73. The highest BCUT2D eigenvalue weighted by molar-refractivity contribution is 7.17. The zero-order valence-corrected chi connectivity index (χ0v) is 15.1. The largest absolute Gasteiger partial charge is 0.339 e. The van der Waals surface area contributed by atoms with Crippen LogP contribution in [0.1, 0.15) is 74.7 Å². The number of rotatable bonds is 1. The third-order valence-electron chi connectivity index (χ3n) is 2.23. The quantitative estimate of drug-likeness (QED) is 0.634. The standard InChI is InChI=1S/C8H16NOP.C3H8.2C2H6/c1-3-8(10)9-5-7(11)4-6(9)2;1-3-2;2*1-2/h6-7H,3-5,11H2,1-2H3;3H2,1-2H3;2*1-2H3. The van der Waals surface area contributed by atoms with E-state index in [0.29, 0.717) is 24.0 Å². The molecule has 18 heavy (non-hydrogen) atoms. The Bertz CT molecular complexity index is 174. The van der Waals surface area contributed by atoms with Gasteiger partial charge < -0.3 is 4.90 Å². The molecular formula is C15H36NOP. The second-order valence-electron chi connectivity index (χ2n) is 3.95. The van der Waals surface area contributed by atoms with Gasteiger partial charge in [0, 0.05) is 19.0 Å². The van der Waals surface area contributed by atoms with Gasteiger partial charge in [0.2, 0.25) is 5.91 Å². The van der Waals surface area contributed by atoms with Crippen LogP contribution in [-0.2, 0) is 4.79 Å². The Morgan fingerprint density at radius 2 is 1.56 bits per heavy atom. The summed E-state index contributed by atoms with van der Waals surface area (Å²) in [5.74, 6) is 0.294. The van der Waals surface area contributed by atoms with E-state index in [1.54, 1.807) is 0 Å². The van der Waals surface area contributed by atoms with Gasteiger partial charge in [0.25, 0.3) is 0 Å². The lowest BCUT2D eigenvalue weighted by molar-refractivity contribution is -0.131. The number of carbonyl (C=O) groups is 1. The second kappa shape index (κ2) is 16.9. The van der Waals surface area contributed by atoms with E-state index in [0.717, 1.165) is 13.0 Å². The molecule has 1 amide bonds. The van der Waals surface area contributed by atoms with E-state index in [-0.39, 0.29) is 0 Å². The molecular weight excluding hydrogens is 241 g/mol. The highest BCUT2D eigenvalue weighted by atomic mass is 31.0. The average molecular weight is 277 g/mol. The molecule has 3 atom stereocenters. The van der Waals surface area contributed by atoms with Crippen LogP contribution in [0.4, 0.5) is 0 Å². The lowest BCUT2D eigenvalue weighted by Gasteiger charge is -2.20. The molecule has 3 heteroatoms. The average Bonchev–Trinajstić information content (AvgIpc) is 2.73. The molecule has 0 bridgehead atoms. The predicted molar refractivity (Wildman–Crippen MR) is 88.2 cm³/mol. The molecule has 112 valence electrons. The summed E-state index contributed by atoms with van der Waals surface area (Å²) in [5.41, 5.74) is 0.612. The van der Waals surface area contributed by atoms with E-state index >= 15 is 0 Å². The molecule has 1 saturated heterocycles. The van der Waals surface area contributed by atoms with Crippen molar-refractivity contribution in [2.75, 3.05) is 6.54 Å². The minimum Gasteiger partial charge on any atom is -0.339 e. The van der Waals surface area contributed by atoms with Gasteiger partial charge in [-0.15, -0.1) is 9.24 Å². The third-order valence-corrected chi connectivity index (χ3v) is 2.71. The number of carbonyl (C=O) groups excluding carboxylic acids is 1. The Balaban J connectivity index is -0.000000274. The zero-order chi connectivity index (χ0) is 15.1. The minimum absolute atomic E-state index is 0.294. The Morgan fingerprint density at radius 3 is 1.78 bits per heavy atom. The number of likely N-dealkylation sites (tertiary alicyclic amines) is 1. The van der Waals surface area contributed by atoms with Crippen LogP contribution < -0.4 is 0 Å². The van der Waals surface area contributed by atoms with Gasteiger partial charge in [-0.2, -0.15) is 0 Å². The normalized spacial score (nSPS) is 20.6. The van der Waals surface area contributed by atoms with E-state index in [4.69, 9.17) is 0 Å². The molecule has 0 aromatic heterocycles. The molecule has 0 aliphatic carbocycles. The molecule has 0 radical (unpaired) electrons. The van der Waals surface area contributed by atoms with E-state index in [1.165, 1.54) is 6.42 Å². The van der Waals surface area contributed by atoms with E-state index in [2.05, 4.69) is 30.0 Å². The van der Waals surface area contributed by atoms with Crippen LogP contribution in [0, 0.1) is 0 Å². The Kier molecular flexibility index (Phi) is 21.6. The van der Waals surface area contributed by atoms with Crippen molar-refractivity contribution in [3.63, 3.8) is 0 Å². The second-order valence-corrected chi connectivity index (χ2v) is 4.89. The highest BCUT2D eigenvalue weighted by Crippen LogP contribution is 2.23. The summed E-state index contributed by atoms with van der Waals surface area (Å²) in [6, 6.07) is 0.449. The molecule has 0 saturated carbocycles. The first-order chi connectivity index (χ1) is 8.56. The van der Waals surface area contributed by atoms with Crippen molar-refractivity contribution in [3.05, 3.63) is 0 Å². The Morgan fingerprint density at radius 1 is 1.17 bits per heavy atom. The molecule has 0 spiro atoms. The molecule has 0 N–H and O–H groups in total. The van der Waals surface area contributed by atoms with Crippen molar-refractivity contribution in [3.8, 4) is 0 Å². The Labute approximate surface area is 118 Å². The molecule has 1 fully saturated rings. The summed E-state index contributed by atoms with van der Waals surface area (Å²) >= 11 is 0. The highest BCUT2D eigenvalue weighted by Gasteiger charge is 2.28. The number of amides is 1. The van der Waals surface area contributed by atoms with Crippen molar-refractivity contribution in [1.82, 2.24) is 4.90 Å². The minimum atomic E-state index is 0.294. The van der Waals surface area contributed by atoms with Crippen molar-refractivity contribution >= 4 is 15.1 Å². The van der Waals surface area contributed by atoms with Crippen molar-refractivity contribution in [2.24, 2.45) is 0 Å². The van der Waals surface area contributed by atoms with Crippen LogP contribution in [-0.4, -0.2) is 29.1 Å². The van der Waals surface area contributed by atoms with Gasteiger partial charge in [-0.1, -0.05) is 54.9 Å². The third kappa shape index (κ3) is 11.0. The monoisotopic (exact) mass is 277 g/mol. The summed E-state index contributed by atoms with van der Waals surface area (Å²) in [5, 5.41) is 0. The van der Waals surface area contributed by atoms with E-state index in [1.807, 2.05) is 39.5 Å². The van der Waals surface area contributed by atoms with Crippen LogP contribution in [0.2, 0.25) is 0 Å². The van der Waals surface area contributed by atoms with Crippen molar-refractivity contribution in [1.29, 1.82) is 0 Å². The fraction of sp³-hybridized carbons (Fsp3) is 0.933. The lowest BCUT2D eigenvalue weighted by atomic mass is 10.2. The van der Waals surface area contributed by atoms with Crippen molar-refractivity contribution in [2.45, 2.75) is 86.4 Å². The molecule has 1 aliphatic rings. The SMILES string of the molecule is CC.CC.CCC.CCC(=O)N1CC(P)CC1C. The van der Waals surface area contributed by atoms with E-state index in [9.17, 15) is 4.79 Å². The Hall–Kier alpha value is -0.100. The summed E-state index contributed by atoms with van der Waals surface area (Å²) < 4.78 is 0. The lowest BCUT2D eigenvalue weighted by Crippen LogP contribution is -2.33. The maximum absolute atomic E-state index is 11.3. The number of hydrogen-bond donors (Lipinski definition) is 0. The first-order valence-corrected chi connectivity index (χ1v) is 8.28. The summed E-state index contributed by atoms with van der Waals surface area (Å²) in [6.07, 6.45) is 3.03. The van der Waals surface area contributed by atoms with Crippen molar-refractivity contribution < 1.29 is 4.79 Å². The molecule has 0 aromatic rings. The summed E-state index contributed by atoms with van der Waals surface area (Å²) in [6.45, 7) is 17.2. The van der Waals surface area contributed by atoms with Crippen LogP contribution in [0.25, 0.3) is 0 Å². The molecule has 2 nitrogen and oxygen atoms in total. The van der Waals surface area contributed by atoms with Crippen LogP contribution in [0.5, 0.6) is 0 Å². The topological polar surface area (TPSA) is 20.3 Å². The fourth-order valence-corrected chi connectivity index (χ4v) is 2.24. The van der Waals surface area contributed by atoms with Crippen LogP contribution in [0.3, 0.4) is 0 Å². The molecule has 1 heterocycles. The zero-order valence-electron chi connectivity index (χ0n) is 13.9. The van der Waals surface area contributed by atoms with Gasteiger partial charge in [0.05, 0.1) is 0 Å². The van der Waals surface area contributed by atoms with E-state index < -0.39 is 0 Å². The summed E-state index contributed by atoms with van der Waals surface area (Å²) in [4.78, 5) is 13.3. The maximum Gasteiger partial charge on any atom is 0.222 e. The molecule has 0 aromatic carbocycles. The number of nitrogens with zero attached hydrogens (tertiary/aromatic N) is 1. The fourth-order valence-electron chi connectivity index (χ4n) is 1.62. The first-order valence-electron chi connectivity index (χ1n) is 7.61. The molecule has 1 aliphatic heterocycles. The van der Waals surface area contributed by atoms with Crippen LogP contribution in [0.15, 0.2) is 0 Å². The van der Waals surface area contributed by atoms with Crippen LogP contribution >= 0.6 is 9.24 Å². The molecule has 3 unspecified atom stereocenters. The van der Waals surface area contributed by atoms with Gasteiger partial charge in [0.1, 0.15) is 0 Å².